The van der Waals surface area contributed by atoms with Crippen molar-refractivity contribution in [2.75, 3.05) is 13.1 Å². The van der Waals surface area contributed by atoms with E-state index in [9.17, 15) is 4.79 Å². The molecule has 1 aromatic carbocycles. The van der Waals surface area contributed by atoms with E-state index in [0.717, 1.165) is 24.0 Å². The van der Waals surface area contributed by atoms with Crippen molar-refractivity contribution in [2.45, 2.75) is 58.3 Å². The molecule has 2 aliphatic rings. The van der Waals surface area contributed by atoms with Gasteiger partial charge in [-0.3, -0.25) is 4.98 Å². The lowest BCUT2D eigenvalue weighted by atomic mass is 9.98. The first kappa shape index (κ1) is 22.5. The van der Waals surface area contributed by atoms with Gasteiger partial charge in [0.1, 0.15) is 11.3 Å². The summed E-state index contributed by atoms with van der Waals surface area (Å²) in [5, 5.41) is 0.557. The molecule has 1 atom stereocenters. The van der Waals surface area contributed by atoms with Gasteiger partial charge in [0.05, 0.1) is 5.02 Å². The van der Waals surface area contributed by atoms with E-state index < -0.39 is 11.4 Å². The number of pyridine rings is 1. The van der Waals surface area contributed by atoms with Crippen molar-refractivity contribution in [2.24, 2.45) is 0 Å². The maximum Gasteiger partial charge on any atom is 0.410 e. The molecule has 0 saturated heterocycles. The van der Waals surface area contributed by atoms with Crippen LogP contribution in [0.4, 0.5) is 4.79 Å². The SMILES string of the molecule is CCCC(C)(C)OC(=O)N1CC=C(c2cccc3c2OC(C)(c2ccc(Cl)cn2)O3)CC1. The number of nitrogens with zero attached hydrogens (tertiary/aromatic N) is 2. The molecule has 1 amide bonds. The zero-order chi connectivity index (χ0) is 22.9. The van der Waals surface area contributed by atoms with Crippen LogP contribution < -0.4 is 9.47 Å². The third-order valence-electron chi connectivity index (χ3n) is 5.80. The number of hydrogen-bond acceptors (Lipinski definition) is 5. The van der Waals surface area contributed by atoms with Crippen LogP contribution in [0.1, 0.15) is 58.2 Å². The van der Waals surface area contributed by atoms with E-state index in [1.807, 2.05) is 39.0 Å². The Morgan fingerprint density at radius 3 is 2.75 bits per heavy atom. The quantitative estimate of drug-likeness (QED) is 0.537. The molecule has 1 unspecified atom stereocenters. The molecule has 0 N–H and O–H groups in total. The van der Waals surface area contributed by atoms with Crippen molar-refractivity contribution in [3.63, 3.8) is 0 Å². The molecule has 4 rings (SSSR count). The Hall–Kier alpha value is -2.73. The molecule has 6 nitrogen and oxygen atoms in total. The van der Waals surface area contributed by atoms with Gasteiger partial charge in [-0.2, -0.15) is 0 Å². The minimum absolute atomic E-state index is 0.266. The molecule has 0 fully saturated rings. The van der Waals surface area contributed by atoms with Gasteiger partial charge in [0.25, 0.3) is 5.79 Å². The van der Waals surface area contributed by atoms with Crippen molar-refractivity contribution in [3.8, 4) is 11.5 Å². The minimum atomic E-state index is -1.03. The number of para-hydroxylation sites is 1. The van der Waals surface area contributed by atoms with Gasteiger partial charge in [-0.05, 0) is 50.5 Å². The summed E-state index contributed by atoms with van der Waals surface area (Å²) >= 11 is 5.98. The molecule has 3 heterocycles. The molecule has 32 heavy (non-hydrogen) atoms. The topological polar surface area (TPSA) is 60.9 Å². The van der Waals surface area contributed by atoms with E-state index in [4.69, 9.17) is 25.8 Å². The standard InChI is InChI=1S/C25H29ClN2O4/c1-5-13-24(2,3)32-23(29)28-14-11-17(12-15-28)19-7-6-8-20-22(19)31-25(4,30-20)21-10-9-18(26)16-27-21/h6-11,16H,5,12-15H2,1-4H3. The molecule has 7 heteroatoms. The Kier molecular flexibility index (Phi) is 6.08. The van der Waals surface area contributed by atoms with Crippen LogP contribution in [0.3, 0.4) is 0 Å². The van der Waals surface area contributed by atoms with Crippen molar-refractivity contribution in [1.29, 1.82) is 0 Å². The van der Waals surface area contributed by atoms with Crippen LogP contribution in [-0.4, -0.2) is 34.7 Å². The number of carbonyl (C=O) groups excluding carboxylic acids is 1. The summed E-state index contributed by atoms with van der Waals surface area (Å²) in [5.41, 5.74) is 2.28. The average Bonchev–Trinajstić information content (AvgIpc) is 3.11. The summed E-state index contributed by atoms with van der Waals surface area (Å²) in [6, 6.07) is 9.44. The average molecular weight is 457 g/mol. The highest BCUT2D eigenvalue weighted by Crippen LogP contribution is 2.48. The van der Waals surface area contributed by atoms with Crippen LogP contribution in [0.25, 0.3) is 5.57 Å². The first-order valence-electron chi connectivity index (χ1n) is 11.0. The fourth-order valence-electron chi connectivity index (χ4n) is 4.16. The lowest BCUT2D eigenvalue weighted by Gasteiger charge is -2.31. The number of hydrogen-bond donors (Lipinski definition) is 0. The number of ether oxygens (including phenoxy) is 3. The second kappa shape index (κ2) is 8.66. The fraction of sp³-hybridized carbons (Fsp3) is 0.440. The Balaban J connectivity index is 1.50. The van der Waals surface area contributed by atoms with E-state index in [1.54, 1.807) is 23.2 Å². The highest BCUT2D eigenvalue weighted by Gasteiger charge is 2.41. The maximum absolute atomic E-state index is 12.6. The largest absolute Gasteiger partial charge is 0.443 e. The highest BCUT2D eigenvalue weighted by atomic mass is 35.5. The third kappa shape index (κ3) is 4.56. The van der Waals surface area contributed by atoms with Gasteiger partial charge in [0.2, 0.25) is 0 Å². The zero-order valence-electron chi connectivity index (χ0n) is 19.0. The summed E-state index contributed by atoms with van der Waals surface area (Å²) < 4.78 is 18.2. The molecule has 170 valence electrons. The van der Waals surface area contributed by atoms with E-state index in [1.165, 1.54) is 0 Å². The maximum atomic E-state index is 12.6. The Morgan fingerprint density at radius 2 is 2.09 bits per heavy atom. The van der Waals surface area contributed by atoms with Crippen molar-refractivity contribution in [3.05, 3.63) is 58.9 Å². The van der Waals surface area contributed by atoms with Gasteiger partial charge in [0.15, 0.2) is 11.5 Å². The van der Waals surface area contributed by atoms with Crippen LogP contribution in [-0.2, 0) is 10.5 Å². The fourth-order valence-corrected chi connectivity index (χ4v) is 4.27. The van der Waals surface area contributed by atoms with Crippen LogP contribution in [0.5, 0.6) is 11.5 Å². The van der Waals surface area contributed by atoms with Crippen molar-refractivity contribution >= 4 is 23.3 Å². The van der Waals surface area contributed by atoms with E-state index in [-0.39, 0.29) is 6.09 Å². The van der Waals surface area contributed by atoms with Crippen LogP contribution in [0.15, 0.2) is 42.6 Å². The van der Waals surface area contributed by atoms with Crippen LogP contribution in [0.2, 0.25) is 5.02 Å². The van der Waals surface area contributed by atoms with E-state index in [0.29, 0.717) is 41.7 Å². The predicted molar refractivity (Wildman–Crippen MR) is 124 cm³/mol. The monoisotopic (exact) mass is 456 g/mol. The Labute approximate surface area is 194 Å². The van der Waals surface area contributed by atoms with Crippen molar-refractivity contribution < 1.29 is 19.0 Å². The van der Waals surface area contributed by atoms with Gasteiger partial charge in [-0.1, -0.05) is 43.2 Å². The molecule has 1 aromatic heterocycles. The lowest BCUT2D eigenvalue weighted by molar-refractivity contribution is -0.0718. The minimum Gasteiger partial charge on any atom is -0.443 e. The lowest BCUT2D eigenvalue weighted by Crippen LogP contribution is -2.40. The van der Waals surface area contributed by atoms with Gasteiger partial charge < -0.3 is 19.1 Å². The normalized spacial score (nSPS) is 20.2. The van der Waals surface area contributed by atoms with Crippen LogP contribution >= 0.6 is 11.6 Å². The zero-order valence-corrected chi connectivity index (χ0v) is 19.7. The molecule has 2 aliphatic heterocycles. The molecule has 0 bridgehead atoms. The van der Waals surface area contributed by atoms with Crippen LogP contribution in [0, 0.1) is 0 Å². The molecule has 0 aliphatic carbocycles. The molecule has 0 spiro atoms. The summed E-state index contributed by atoms with van der Waals surface area (Å²) in [4.78, 5) is 18.7. The summed E-state index contributed by atoms with van der Waals surface area (Å²) in [6.07, 6.45) is 5.89. The summed E-state index contributed by atoms with van der Waals surface area (Å²) in [7, 11) is 0. The Bertz CT molecular complexity index is 1030. The van der Waals surface area contributed by atoms with Gasteiger partial charge in [-0.15, -0.1) is 0 Å². The first-order valence-corrected chi connectivity index (χ1v) is 11.4. The molecular weight excluding hydrogens is 428 g/mol. The third-order valence-corrected chi connectivity index (χ3v) is 6.03. The van der Waals surface area contributed by atoms with E-state index >= 15 is 0 Å². The number of amides is 1. The van der Waals surface area contributed by atoms with Gasteiger partial charge in [0, 0.05) is 31.8 Å². The molecule has 0 radical (unpaired) electrons. The van der Waals surface area contributed by atoms with Crippen molar-refractivity contribution in [1.82, 2.24) is 9.88 Å². The van der Waals surface area contributed by atoms with E-state index in [2.05, 4.69) is 18.0 Å². The van der Waals surface area contributed by atoms with Gasteiger partial charge >= 0.3 is 6.09 Å². The van der Waals surface area contributed by atoms with Gasteiger partial charge in [-0.25, -0.2) is 4.79 Å². The Morgan fingerprint density at radius 1 is 1.28 bits per heavy atom. The first-order chi connectivity index (χ1) is 15.2. The number of benzene rings is 1. The predicted octanol–water partition coefficient (Wildman–Crippen LogP) is 6.18. The second-order valence-corrected chi connectivity index (χ2v) is 9.38. The highest BCUT2D eigenvalue weighted by molar-refractivity contribution is 6.30. The molecular formula is C25H29ClN2O4. The smallest absolute Gasteiger partial charge is 0.410 e. The number of rotatable bonds is 5. The number of carbonyl (C=O) groups is 1. The molecule has 2 aromatic rings. The molecule has 0 saturated carbocycles. The number of halogens is 1. The summed E-state index contributed by atoms with van der Waals surface area (Å²) in [6.45, 7) is 8.93. The summed E-state index contributed by atoms with van der Waals surface area (Å²) in [5.74, 6) is 0.336. The number of fused-ring (bicyclic) bond motifs is 1. The number of aromatic nitrogens is 1. The second-order valence-electron chi connectivity index (χ2n) is 8.95.